The third-order valence-electron chi connectivity index (χ3n) is 1.42. The lowest BCUT2D eigenvalue weighted by Crippen LogP contribution is -2.35. The monoisotopic (exact) mass is 266 g/mol. The number of nitrogens with two attached hydrogens (primary N) is 1. The van der Waals surface area contributed by atoms with Crippen molar-refractivity contribution in [3.05, 3.63) is 16.9 Å². The van der Waals surface area contributed by atoms with Crippen LogP contribution >= 0.6 is 15.9 Å². The van der Waals surface area contributed by atoms with E-state index in [4.69, 9.17) is 5.73 Å². The Bertz CT molecular complexity index is 290. The molecule has 0 aromatic carbocycles. The summed E-state index contributed by atoms with van der Waals surface area (Å²) >= 11 is 3.13. The molecule has 0 spiro atoms. The highest BCUT2D eigenvalue weighted by molar-refractivity contribution is 9.10. The Balaban J connectivity index is 2.50. The molecule has 0 amide bonds. The van der Waals surface area contributed by atoms with Crippen molar-refractivity contribution in [2.45, 2.75) is 5.92 Å². The molecule has 4 nitrogen and oxygen atoms in total. The van der Waals surface area contributed by atoms with Crippen LogP contribution in [0.4, 0.5) is 14.7 Å². The highest BCUT2D eigenvalue weighted by Gasteiger charge is 2.26. The van der Waals surface area contributed by atoms with Gasteiger partial charge in [-0.05, 0) is 15.9 Å². The van der Waals surface area contributed by atoms with Gasteiger partial charge >= 0.3 is 0 Å². The van der Waals surface area contributed by atoms with Crippen molar-refractivity contribution >= 4 is 21.9 Å². The molecule has 0 atom stereocenters. The summed E-state index contributed by atoms with van der Waals surface area (Å²) in [5.74, 6) is -2.78. The average molecular weight is 267 g/mol. The molecule has 0 aliphatic rings. The molecule has 14 heavy (non-hydrogen) atoms. The van der Waals surface area contributed by atoms with E-state index in [-0.39, 0.29) is 5.95 Å². The fourth-order valence-electron chi connectivity index (χ4n) is 0.684. The molecule has 7 heteroatoms. The molecular formula is C7H9BrF2N4. The summed E-state index contributed by atoms with van der Waals surface area (Å²) in [6, 6.07) is 0. The third kappa shape index (κ3) is 3.51. The Kier molecular flexibility index (Phi) is 3.70. The van der Waals surface area contributed by atoms with Crippen LogP contribution in [-0.4, -0.2) is 29.0 Å². The first kappa shape index (κ1) is 11.3. The summed E-state index contributed by atoms with van der Waals surface area (Å²) < 4.78 is 26.0. The second-order valence-electron chi connectivity index (χ2n) is 2.64. The van der Waals surface area contributed by atoms with Gasteiger partial charge in [0.2, 0.25) is 5.95 Å². The molecule has 0 bridgehead atoms. The van der Waals surface area contributed by atoms with Crippen molar-refractivity contribution in [1.29, 1.82) is 0 Å². The molecule has 0 aliphatic heterocycles. The Hall–Kier alpha value is -0.820. The zero-order valence-electron chi connectivity index (χ0n) is 7.17. The summed E-state index contributed by atoms with van der Waals surface area (Å²) in [4.78, 5) is 7.54. The van der Waals surface area contributed by atoms with Crippen molar-refractivity contribution in [3.8, 4) is 0 Å². The standard InChI is InChI=1S/C7H9BrF2N4/c8-5-1-12-6(13-2-5)14-4-7(9,10)3-11/h1-2H,3-4,11H2,(H,12,13,14). The number of aromatic nitrogens is 2. The molecule has 0 saturated heterocycles. The Morgan fingerprint density at radius 3 is 2.50 bits per heavy atom. The fraction of sp³-hybridized carbons (Fsp3) is 0.429. The molecule has 0 saturated carbocycles. The number of nitrogens with one attached hydrogen (secondary N) is 1. The van der Waals surface area contributed by atoms with Gasteiger partial charge in [0.1, 0.15) is 0 Å². The van der Waals surface area contributed by atoms with Gasteiger partial charge < -0.3 is 11.1 Å². The van der Waals surface area contributed by atoms with Crippen LogP contribution in [0.1, 0.15) is 0 Å². The maximum atomic E-state index is 12.7. The maximum Gasteiger partial charge on any atom is 0.277 e. The predicted octanol–water partition coefficient (Wildman–Crippen LogP) is 1.24. The van der Waals surface area contributed by atoms with Crippen LogP contribution in [-0.2, 0) is 0 Å². The fourth-order valence-corrected chi connectivity index (χ4v) is 0.889. The van der Waals surface area contributed by atoms with Crippen molar-refractivity contribution in [2.75, 3.05) is 18.4 Å². The number of nitrogens with zero attached hydrogens (tertiary/aromatic N) is 2. The van der Waals surface area contributed by atoms with Crippen molar-refractivity contribution < 1.29 is 8.78 Å². The SMILES string of the molecule is NCC(F)(F)CNc1ncc(Br)cn1. The number of halogens is 3. The Morgan fingerprint density at radius 2 is 2.00 bits per heavy atom. The highest BCUT2D eigenvalue weighted by atomic mass is 79.9. The van der Waals surface area contributed by atoms with Crippen LogP contribution in [0.3, 0.4) is 0 Å². The van der Waals surface area contributed by atoms with E-state index in [9.17, 15) is 8.78 Å². The van der Waals surface area contributed by atoms with Crippen LogP contribution in [0.25, 0.3) is 0 Å². The van der Waals surface area contributed by atoms with Gasteiger partial charge in [0.25, 0.3) is 5.92 Å². The van der Waals surface area contributed by atoms with E-state index < -0.39 is 19.0 Å². The van der Waals surface area contributed by atoms with E-state index in [1.165, 1.54) is 12.4 Å². The highest BCUT2D eigenvalue weighted by Crippen LogP contribution is 2.12. The van der Waals surface area contributed by atoms with Crippen LogP contribution in [0.2, 0.25) is 0 Å². The number of hydrogen-bond donors (Lipinski definition) is 2. The lowest BCUT2D eigenvalue weighted by Gasteiger charge is -2.13. The summed E-state index contributed by atoms with van der Waals surface area (Å²) in [6.07, 6.45) is 2.94. The van der Waals surface area contributed by atoms with Crippen LogP contribution in [0.5, 0.6) is 0 Å². The van der Waals surface area contributed by atoms with Crippen LogP contribution in [0.15, 0.2) is 16.9 Å². The van der Waals surface area contributed by atoms with E-state index in [1.54, 1.807) is 0 Å². The number of hydrogen-bond acceptors (Lipinski definition) is 4. The molecular weight excluding hydrogens is 258 g/mol. The molecule has 1 aromatic rings. The van der Waals surface area contributed by atoms with E-state index >= 15 is 0 Å². The molecule has 0 radical (unpaired) electrons. The normalized spacial score (nSPS) is 11.4. The molecule has 78 valence electrons. The first-order valence-electron chi connectivity index (χ1n) is 3.83. The topological polar surface area (TPSA) is 63.8 Å². The zero-order chi connectivity index (χ0) is 10.6. The summed E-state index contributed by atoms with van der Waals surface area (Å²) in [7, 11) is 0. The lowest BCUT2D eigenvalue weighted by atomic mass is 10.3. The minimum absolute atomic E-state index is 0.154. The van der Waals surface area contributed by atoms with Crippen molar-refractivity contribution in [1.82, 2.24) is 9.97 Å². The smallest absolute Gasteiger partial charge is 0.277 e. The van der Waals surface area contributed by atoms with E-state index in [0.29, 0.717) is 4.47 Å². The minimum Gasteiger partial charge on any atom is -0.348 e. The number of anilines is 1. The van der Waals surface area contributed by atoms with Gasteiger partial charge in [-0.15, -0.1) is 0 Å². The first-order chi connectivity index (χ1) is 6.53. The Morgan fingerprint density at radius 1 is 1.43 bits per heavy atom. The van der Waals surface area contributed by atoms with Crippen LogP contribution < -0.4 is 11.1 Å². The average Bonchev–Trinajstić information content (AvgIpc) is 2.17. The number of alkyl halides is 2. The lowest BCUT2D eigenvalue weighted by molar-refractivity contribution is 0.0252. The van der Waals surface area contributed by atoms with Gasteiger partial charge in [-0.1, -0.05) is 0 Å². The van der Waals surface area contributed by atoms with Crippen molar-refractivity contribution in [2.24, 2.45) is 5.73 Å². The van der Waals surface area contributed by atoms with E-state index in [2.05, 4.69) is 31.2 Å². The molecule has 0 unspecified atom stereocenters. The van der Waals surface area contributed by atoms with Gasteiger partial charge in [-0.3, -0.25) is 0 Å². The molecule has 0 fully saturated rings. The van der Waals surface area contributed by atoms with Crippen LogP contribution in [0, 0.1) is 0 Å². The van der Waals surface area contributed by atoms with Gasteiger partial charge in [-0.25, -0.2) is 18.7 Å². The molecule has 3 N–H and O–H groups in total. The Labute approximate surface area is 88.1 Å². The largest absolute Gasteiger partial charge is 0.348 e. The van der Waals surface area contributed by atoms with E-state index in [1.807, 2.05) is 0 Å². The molecule has 1 aromatic heterocycles. The summed E-state index contributed by atoms with van der Waals surface area (Å²) in [6.45, 7) is -1.26. The second-order valence-corrected chi connectivity index (χ2v) is 3.55. The molecule has 0 aliphatic carbocycles. The number of rotatable bonds is 4. The zero-order valence-corrected chi connectivity index (χ0v) is 8.76. The summed E-state index contributed by atoms with van der Waals surface area (Å²) in [5, 5.41) is 2.39. The molecule has 1 rings (SSSR count). The quantitative estimate of drug-likeness (QED) is 0.861. The first-order valence-corrected chi connectivity index (χ1v) is 4.62. The van der Waals surface area contributed by atoms with Gasteiger partial charge in [0.05, 0.1) is 17.6 Å². The minimum atomic E-state index is -2.93. The molecule has 1 heterocycles. The van der Waals surface area contributed by atoms with Crippen molar-refractivity contribution in [3.63, 3.8) is 0 Å². The van der Waals surface area contributed by atoms with Gasteiger partial charge in [0.15, 0.2) is 0 Å². The van der Waals surface area contributed by atoms with E-state index in [0.717, 1.165) is 0 Å². The maximum absolute atomic E-state index is 12.7. The van der Waals surface area contributed by atoms with Gasteiger partial charge in [-0.2, -0.15) is 0 Å². The summed E-state index contributed by atoms with van der Waals surface area (Å²) in [5.41, 5.74) is 4.86. The predicted molar refractivity (Wildman–Crippen MR) is 52.2 cm³/mol. The third-order valence-corrected chi connectivity index (χ3v) is 1.83. The second kappa shape index (κ2) is 4.61. The van der Waals surface area contributed by atoms with Gasteiger partial charge in [0, 0.05) is 12.4 Å².